The van der Waals surface area contributed by atoms with Gasteiger partial charge in [0, 0.05) is 5.39 Å². The van der Waals surface area contributed by atoms with Crippen molar-refractivity contribution in [2.24, 2.45) is 0 Å². The molecule has 0 aliphatic heterocycles. The molecule has 3 heterocycles. The molecule has 0 bridgehead atoms. The Labute approximate surface area is 243 Å². The van der Waals surface area contributed by atoms with Crippen LogP contribution in [0.2, 0.25) is 0 Å². The zero-order valence-electron chi connectivity index (χ0n) is 22.8. The zero-order chi connectivity index (χ0) is 28.2. The normalized spacial score (nSPS) is 13.0. The second-order valence-corrected chi connectivity index (χ2v) is 12.4. The highest BCUT2D eigenvalue weighted by molar-refractivity contribution is 7.77. The molecule has 0 spiro atoms. The Hall–Kier alpha value is -5.18. The minimum atomic E-state index is -0.848. The number of nitrogens with zero attached hydrogens (tertiary/aromatic N) is 3. The van der Waals surface area contributed by atoms with Crippen molar-refractivity contribution in [2.75, 3.05) is 0 Å². The Morgan fingerprint density at radius 1 is 0.714 bits per heavy atom. The summed E-state index contributed by atoms with van der Waals surface area (Å²) in [6.45, 7) is 8.11. The molecular weight excluding hydrogens is 533 g/mol. The summed E-state index contributed by atoms with van der Waals surface area (Å²) >= 11 is 0. The largest absolute Gasteiger partial charge is 0.456 e. The summed E-state index contributed by atoms with van der Waals surface area (Å²) in [5, 5.41) is 5.79. The molecule has 8 aromatic rings. The molecule has 42 heavy (non-hydrogen) atoms. The molecule has 0 aliphatic carbocycles. The van der Waals surface area contributed by atoms with Crippen molar-refractivity contribution >= 4 is 68.3 Å². The number of fused-ring (bicyclic) bond motifs is 8. The topological polar surface area (TPSA) is 35.4 Å². The molecule has 0 fully saturated rings. The number of hydrogen-bond donors (Lipinski definition) is 0. The molecule has 0 radical (unpaired) electrons. The van der Waals surface area contributed by atoms with Gasteiger partial charge in [0.05, 0.1) is 33.1 Å². The molecule has 8 rings (SSSR count). The van der Waals surface area contributed by atoms with Crippen LogP contribution < -0.4 is 10.6 Å². The lowest BCUT2D eigenvalue weighted by Crippen LogP contribution is -2.12. The molecule has 5 aromatic carbocycles. The van der Waals surface area contributed by atoms with E-state index in [1.807, 2.05) is 18.2 Å². The van der Waals surface area contributed by atoms with E-state index in [4.69, 9.17) is 9.40 Å². The third-order valence-corrected chi connectivity index (χ3v) is 10.3. The van der Waals surface area contributed by atoms with E-state index in [0.29, 0.717) is 0 Å². The number of aromatic nitrogens is 3. The van der Waals surface area contributed by atoms with Gasteiger partial charge in [-0.3, -0.25) is 8.97 Å². The van der Waals surface area contributed by atoms with Gasteiger partial charge in [0.25, 0.3) is 0 Å². The number of benzene rings is 5. The first-order valence-corrected chi connectivity index (χ1v) is 15.2. The fourth-order valence-electron chi connectivity index (χ4n) is 6.09. The number of allylic oxidation sites excluding steroid dienone is 4. The summed E-state index contributed by atoms with van der Waals surface area (Å²) in [6, 6.07) is 40.3. The fourth-order valence-corrected chi connectivity index (χ4v) is 8.37. The Balaban J connectivity index is 1.45. The third-order valence-electron chi connectivity index (χ3n) is 7.83. The molecule has 5 heteroatoms. The van der Waals surface area contributed by atoms with Crippen LogP contribution in [0.15, 0.2) is 156 Å². The van der Waals surface area contributed by atoms with Crippen molar-refractivity contribution in [2.45, 2.75) is 0 Å². The van der Waals surface area contributed by atoms with Gasteiger partial charge < -0.3 is 4.42 Å². The van der Waals surface area contributed by atoms with Crippen LogP contribution in [0.5, 0.6) is 0 Å². The molecule has 1 atom stereocenters. The lowest BCUT2D eigenvalue weighted by Gasteiger charge is -2.20. The number of rotatable bonds is 6. The molecule has 0 saturated carbocycles. The van der Waals surface area contributed by atoms with Crippen LogP contribution in [0, 0.1) is 0 Å². The first-order chi connectivity index (χ1) is 20.8. The van der Waals surface area contributed by atoms with Crippen LogP contribution in [0.1, 0.15) is 0 Å². The van der Waals surface area contributed by atoms with Crippen LogP contribution in [0.3, 0.4) is 0 Å². The van der Waals surface area contributed by atoms with Crippen LogP contribution in [0.4, 0.5) is 0 Å². The summed E-state index contributed by atoms with van der Waals surface area (Å²) in [6.07, 6.45) is 5.87. The summed E-state index contributed by atoms with van der Waals surface area (Å²) in [5.74, 6) is 0.879. The Bertz CT molecular complexity index is 2350. The van der Waals surface area contributed by atoms with Gasteiger partial charge in [0.15, 0.2) is 0 Å². The highest BCUT2D eigenvalue weighted by Crippen LogP contribution is 2.45. The van der Waals surface area contributed by atoms with E-state index in [2.05, 4.69) is 137 Å². The first kappa shape index (κ1) is 24.6. The number of imidazole rings is 2. The fraction of sp³-hybridized carbons (Fsp3) is 0. The van der Waals surface area contributed by atoms with E-state index >= 15 is 0 Å². The van der Waals surface area contributed by atoms with E-state index < -0.39 is 7.92 Å². The predicted octanol–water partition coefficient (Wildman–Crippen LogP) is 9.02. The van der Waals surface area contributed by atoms with Gasteiger partial charge in [-0.1, -0.05) is 98.1 Å². The average Bonchev–Trinajstić information content (AvgIpc) is 3.70. The second-order valence-electron chi connectivity index (χ2n) is 10.2. The van der Waals surface area contributed by atoms with E-state index in [1.54, 1.807) is 0 Å². The summed E-state index contributed by atoms with van der Waals surface area (Å²) in [5.41, 5.74) is 7.02. The maximum absolute atomic E-state index is 6.46. The molecule has 0 amide bonds. The van der Waals surface area contributed by atoms with Crippen LogP contribution >= 0.6 is 7.92 Å². The van der Waals surface area contributed by atoms with Gasteiger partial charge in [-0.25, -0.2) is 4.98 Å². The van der Waals surface area contributed by atoms with E-state index in [0.717, 1.165) is 60.8 Å². The van der Waals surface area contributed by atoms with Gasteiger partial charge >= 0.3 is 0 Å². The van der Waals surface area contributed by atoms with Crippen molar-refractivity contribution < 1.29 is 4.42 Å². The SMILES string of the molecule is C=C/C=C(\C=C)P(c1ccccc1)c1ccc2oc3cccc(-n4c5ccccc5n5c6ccccc6nc45)c3c2c1. The lowest BCUT2D eigenvalue weighted by molar-refractivity contribution is 0.669. The highest BCUT2D eigenvalue weighted by atomic mass is 31.1. The number of hydrogen-bond acceptors (Lipinski definition) is 2. The first-order valence-electron chi connectivity index (χ1n) is 13.9. The molecule has 0 aliphatic rings. The molecule has 4 nitrogen and oxygen atoms in total. The van der Waals surface area contributed by atoms with Crippen molar-refractivity contribution in [1.29, 1.82) is 0 Å². The highest BCUT2D eigenvalue weighted by Gasteiger charge is 2.22. The quantitative estimate of drug-likeness (QED) is 0.151. The molecular formula is C37H26N3OP. The lowest BCUT2D eigenvalue weighted by atomic mass is 10.1. The molecule has 0 N–H and O–H groups in total. The van der Waals surface area contributed by atoms with Crippen LogP contribution in [0.25, 0.3) is 55.5 Å². The second kappa shape index (κ2) is 9.73. The predicted molar refractivity (Wildman–Crippen MR) is 178 cm³/mol. The molecule has 1 unspecified atom stereocenters. The Kier molecular flexibility index (Phi) is 5.70. The van der Waals surface area contributed by atoms with E-state index in [-0.39, 0.29) is 0 Å². The molecule has 0 saturated heterocycles. The third kappa shape index (κ3) is 3.62. The summed E-state index contributed by atoms with van der Waals surface area (Å²) in [7, 11) is -0.848. The maximum Gasteiger partial charge on any atom is 0.220 e. The van der Waals surface area contributed by atoms with Crippen molar-refractivity contribution in [1.82, 2.24) is 14.0 Å². The van der Waals surface area contributed by atoms with Gasteiger partial charge in [0.1, 0.15) is 11.2 Å². The monoisotopic (exact) mass is 559 g/mol. The van der Waals surface area contributed by atoms with Gasteiger partial charge in [0.2, 0.25) is 5.78 Å². The van der Waals surface area contributed by atoms with Gasteiger partial charge in [-0.05, 0) is 72.4 Å². The zero-order valence-corrected chi connectivity index (χ0v) is 23.7. The maximum atomic E-state index is 6.46. The van der Waals surface area contributed by atoms with Gasteiger partial charge in [-0.2, -0.15) is 0 Å². The van der Waals surface area contributed by atoms with E-state index in [1.165, 1.54) is 10.6 Å². The molecule has 200 valence electrons. The Morgan fingerprint density at radius 3 is 2.29 bits per heavy atom. The van der Waals surface area contributed by atoms with Crippen LogP contribution in [-0.4, -0.2) is 14.0 Å². The number of furan rings is 1. The minimum absolute atomic E-state index is 0.848. The van der Waals surface area contributed by atoms with Crippen molar-refractivity contribution in [3.63, 3.8) is 0 Å². The van der Waals surface area contributed by atoms with Crippen LogP contribution in [-0.2, 0) is 0 Å². The van der Waals surface area contributed by atoms with Crippen molar-refractivity contribution in [3.8, 4) is 5.69 Å². The average molecular weight is 560 g/mol. The van der Waals surface area contributed by atoms with Crippen molar-refractivity contribution in [3.05, 3.63) is 152 Å². The smallest absolute Gasteiger partial charge is 0.220 e. The van der Waals surface area contributed by atoms with E-state index in [9.17, 15) is 0 Å². The molecule has 3 aromatic heterocycles. The number of para-hydroxylation sites is 4. The van der Waals surface area contributed by atoms with Gasteiger partial charge in [-0.15, -0.1) is 0 Å². The summed E-state index contributed by atoms with van der Waals surface area (Å²) < 4.78 is 11.0. The minimum Gasteiger partial charge on any atom is -0.456 e. The standard InChI is InChI=1S/C37H26N3OP/c1-3-13-25(4-2)42(26-14-6-5-7-15-26)27-22-23-34-28(24-27)36-33(20-12-21-35(36)41-34)40-32-19-11-10-18-31(32)39-30-17-9-8-16-29(30)38-37(39)40/h3-24H,1-2H2/b25-13+. The summed E-state index contributed by atoms with van der Waals surface area (Å²) in [4.78, 5) is 5.11. The Morgan fingerprint density at radius 2 is 1.48 bits per heavy atom.